The van der Waals surface area contributed by atoms with E-state index in [4.69, 9.17) is 9.15 Å². The van der Waals surface area contributed by atoms with Crippen LogP contribution in [0, 0.1) is 5.41 Å². The molecule has 2 fully saturated rings. The average Bonchev–Trinajstić information content (AvgIpc) is 3.40. The Bertz CT molecular complexity index is 1220. The van der Waals surface area contributed by atoms with Crippen molar-refractivity contribution < 1.29 is 13.9 Å². The van der Waals surface area contributed by atoms with Crippen LogP contribution in [0.3, 0.4) is 0 Å². The summed E-state index contributed by atoms with van der Waals surface area (Å²) in [7, 11) is 0. The molecule has 3 aromatic rings. The van der Waals surface area contributed by atoms with Crippen LogP contribution in [0.1, 0.15) is 87.1 Å². The van der Waals surface area contributed by atoms with Crippen LogP contribution < -0.4 is 10.1 Å². The zero-order chi connectivity index (χ0) is 23.3. The molecule has 1 spiro atoms. The summed E-state index contributed by atoms with van der Waals surface area (Å²) in [6.45, 7) is 4.88. The fourth-order valence-electron chi connectivity index (χ4n) is 5.35. The Morgan fingerprint density at radius 3 is 2.71 bits per heavy atom. The first-order chi connectivity index (χ1) is 16.4. The van der Waals surface area contributed by atoms with Crippen molar-refractivity contribution in [2.45, 2.75) is 69.6 Å². The summed E-state index contributed by atoms with van der Waals surface area (Å²) in [6.07, 6.45) is 6.19. The van der Waals surface area contributed by atoms with Gasteiger partial charge in [-0.15, -0.1) is 10.2 Å². The zero-order valence-electron chi connectivity index (χ0n) is 19.8. The van der Waals surface area contributed by atoms with Gasteiger partial charge in [-0.25, -0.2) is 0 Å². The molecule has 2 aliphatic carbocycles. The molecule has 6 rings (SSSR count). The van der Waals surface area contributed by atoms with Crippen molar-refractivity contribution in [3.05, 3.63) is 71.4 Å². The highest BCUT2D eigenvalue weighted by molar-refractivity contribution is 5.91. The highest BCUT2D eigenvalue weighted by Crippen LogP contribution is 2.61. The van der Waals surface area contributed by atoms with Gasteiger partial charge in [0, 0.05) is 29.4 Å². The highest BCUT2D eigenvalue weighted by atomic mass is 16.5. The second-order valence-corrected chi connectivity index (χ2v) is 10.8. The van der Waals surface area contributed by atoms with Crippen molar-refractivity contribution in [1.82, 2.24) is 10.2 Å². The molecule has 1 atom stereocenters. The summed E-state index contributed by atoms with van der Waals surface area (Å²) in [5.41, 5.74) is 2.65. The van der Waals surface area contributed by atoms with Crippen LogP contribution in [-0.2, 0) is 10.2 Å². The second-order valence-electron chi connectivity index (χ2n) is 10.8. The minimum absolute atomic E-state index is 0.0352. The summed E-state index contributed by atoms with van der Waals surface area (Å²) in [5.74, 6) is 2.93. The number of benzene rings is 2. The lowest BCUT2D eigenvalue weighted by molar-refractivity contribution is -0.117. The van der Waals surface area contributed by atoms with Crippen LogP contribution in [0.4, 0.5) is 5.69 Å². The van der Waals surface area contributed by atoms with Gasteiger partial charge in [-0.2, -0.15) is 0 Å². The maximum absolute atomic E-state index is 13.2. The van der Waals surface area contributed by atoms with Gasteiger partial charge in [0.15, 0.2) is 0 Å². The average molecular weight is 458 g/mol. The van der Waals surface area contributed by atoms with Crippen LogP contribution in [-0.4, -0.2) is 22.7 Å². The van der Waals surface area contributed by atoms with Gasteiger partial charge in [0.05, 0.1) is 12.0 Å². The largest absolute Gasteiger partial charge is 0.493 e. The minimum Gasteiger partial charge on any atom is -0.493 e. The van der Waals surface area contributed by atoms with Crippen molar-refractivity contribution in [1.29, 1.82) is 0 Å². The fraction of sp³-hybridized carbons (Fsp3) is 0.464. The number of hydrogen-bond acceptors (Lipinski definition) is 5. The summed E-state index contributed by atoms with van der Waals surface area (Å²) in [4.78, 5) is 13.2. The molecule has 6 nitrogen and oxygen atoms in total. The lowest BCUT2D eigenvalue weighted by Gasteiger charge is -2.33. The zero-order valence-corrected chi connectivity index (χ0v) is 19.8. The molecule has 3 aliphatic rings. The van der Waals surface area contributed by atoms with Crippen LogP contribution in [0.2, 0.25) is 0 Å². The third-order valence-electron chi connectivity index (χ3n) is 8.13. The summed E-state index contributed by atoms with van der Waals surface area (Å²) >= 11 is 0. The second kappa shape index (κ2) is 7.97. The van der Waals surface area contributed by atoms with E-state index in [1.54, 1.807) is 0 Å². The number of aromatic nitrogens is 2. The number of amides is 1. The van der Waals surface area contributed by atoms with Crippen molar-refractivity contribution in [3.63, 3.8) is 0 Å². The molecule has 1 amide bonds. The molecule has 1 unspecified atom stereocenters. The topological polar surface area (TPSA) is 77.2 Å². The van der Waals surface area contributed by atoms with Gasteiger partial charge in [-0.1, -0.05) is 36.8 Å². The molecule has 34 heavy (non-hydrogen) atoms. The molecule has 176 valence electrons. The molecule has 2 aromatic carbocycles. The Kier molecular flexibility index (Phi) is 5.01. The van der Waals surface area contributed by atoms with Gasteiger partial charge in [0.2, 0.25) is 17.7 Å². The molecule has 2 heterocycles. The number of nitrogens with zero attached hydrogens (tertiary/aromatic N) is 2. The number of hydrogen-bond donors (Lipinski definition) is 1. The Morgan fingerprint density at radius 1 is 1.12 bits per heavy atom. The smallest absolute Gasteiger partial charge is 0.226 e. The van der Waals surface area contributed by atoms with E-state index in [0.29, 0.717) is 24.8 Å². The van der Waals surface area contributed by atoms with Crippen LogP contribution in [0.25, 0.3) is 0 Å². The van der Waals surface area contributed by atoms with Gasteiger partial charge < -0.3 is 14.5 Å². The van der Waals surface area contributed by atoms with E-state index < -0.39 is 5.41 Å². The number of anilines is 1. The molecule has 1 N–H and O–H groups in total. The molecular formula is C28H31N3O3. The predicted molar refractivity (Wildman–Crippen MR) is 129 cm³/mol. The number of rotatable bonds is 6. The van der Waals surface area contributed by atoms with E-state index in [-0.39, 0.29) is 17.2 Å². The number of carbonyl (C=O) groups excluding carboxylic acids is 1. The number of fused-ring (bicyclic) bond motifs is 1. The first kappa shape index (κ1) is 21.4. The summed E-state index contributed by atoms with van der Waals surface area (Å²) in [6, 6.07) is 16.1. The fourth-order valence-corrected chi connectivity index (χ4v) is 5.35. The lowest BCUT2D eigenvalue weighted by Crippen LogP contribution is -2.30. The summed E-state index contributed by atoms with van der Waals surface area (Å²) in [5, 5.41) is 11.8. The maximum Gasteiger partial charge on any atom is 0.226 e. The molecule has 1 aliphatic heterocycles. The van der Waals surface area contributed by atoms with E-state index in [2.05, 4.69) is 41.5 Å². The molecule has 1 aromatic heterocycles. The number of para-hydroxylation sites is 1. The Hall–Kier alpha value is -3.15. The third kappa shape index (κ3) is 3.69. The standard InChI is InChI=1S/C28H31N3O3/c1-27(2,26-31-30-25(34-26)18-7-5-8-18)19-9-6-10-20(15-19)29-24(32)16-22-21-11-3-4-12-23(21)33-17-28(22)13-14-28/h3-4,6,9-12,15,18,22H,5,7-8,13-14,16-17H2,1-2H3,(H,29,32). The van der Waals surface area contributed by atoms with Gasteiger partial charge in [0.25, 0.3) is 0 Å². The van der Waals surface area contributed by atoms with Gasteiger partial charge in [-0.05, 0) is 68.9 Å². The van der Waals surface area contributed by atoms with Crippen molar-refractivity contribution >= 4 is 11.6 Å². The SMILES string of the molecule is CC(C)(c1cccc(NC(=O)CC2c3ccccc3OCC23CC3)c1)c1nnc(C2CCC2)o1. The number of carbonyl (C=O) groups is 1. The Labute approximate surface area is 200 Å². The van der Waals surface area contributed by atoms with Crippen LogP contribution >= 0.6 is 0 Å². The molecule has 0 radical (unpaired) electrons. The van der Waals surface area contributed by atoms with E-state index in [9.17, 15) is 4.79 Å². The normalized spacial score (nSPS) is 20.8. The highest BCUT2D eigenvalue weighted by Gasteiger charge is 2.53. The Balaban J connectivity index is 1.19. The van der Waals surface area contributed by atoms with E-state index >= 15 is 0 Å². The van der Waals surface area contributed by atoms with Crippen molar-refractivity contribution in [3.8, 4) is 5.75 Å². The van der Waals surface area contributed by atoms with Gasteiger partial charge >= 0.3 is 0 Å². The first-order valence-corrected chi connectivity index (χ1v) is 12.4. The van der Waals surface area contributed by atoms with Crippen LogP contribution in [0.15, 0.2) is 52.9 Å². The number of nitrogens with one attached hydrogen (secondary N) is 1. The third-order valence-corrected chi connectivity index (χ3v) is 8.13. The van der Waals surface area contributed by atoms with E-state index in [0.717, 1.165) is 54.1 Å². The van der Waals surface area contributed by atoms with Gasteiger partial charge in [0.1, 0.15) is 5.75 Å². The quantitative estimate of drug-likeness (QED) is 0.495. The van der Waals surface area contributed by atoms with Crippen molar-refractivity contribution in [2.75, 3.05) is 11.9 Å². The van der Waals surface area contributed by atoms with Crippen molar-refractivity contribution in [2.24, 2.45) is 5.41 Å². The molecule has 0 saturated heterocycles. The minimum atomic E-state index is -0.451. The Morgan fingerprint density at radius 2 is 1.94 bits per heavy atom. The molecule has 6 heteroatoms. The first-order valence-electron chi connectivity index (χ1n) is 12.4. The van der Waals surface area contributed by atoms with Crippen LogP contribution in [0.5, 0.6) is 5.75 Å². The maximum atomic E-state index is 13.2. The van der Waals surface area contributed by atoms with E-state index in [1.807, 2.05) is 36.4 Å². The predicted octanol–water partition coefficient (Wildman–Crippen LogP) is 5.95. The van der Waals surface area contributed by atoms with E-state index in [1.165, 1.54) is 6.42 Å². The lowest BCUT2D eigenvalue weighted by atomic mass is 9.79. The molecule has 0 bridgehead atoms. The molecular weight excluding hydrogens is 426 g/mol. The molecule has 2 saturated carbocycles. The monoisotopic (exact) mass is 457 g/mol. The van der Waals surface area contributed by atoms with Gasteiger partial charge in [-0.3, -0.25) is 4.79 Å². The number of ether oxygens (including phenoxy) is 1. The summed E-state index contributed by atoms with van der Waals surface area (Å²) < 4.78 is 12.1.